The predicted octanol–water partition coefficient (Wildman–Crippen LogP) is 0.510. The van der Waals surface area contributed by atoms with Gasteiger partial charge in [0.05, 0.1) is 0 Å². The van der Waals surface area contributed by atoms with Gasteiger partial charge < -0.3 is 10.6 Å². The largest absolute Gasteiger partial charge is 0.347 e. The molecule has 13 heavy (non-hydrogen) atoms. The van der Waals surface area contributed by atoms with Crippen LogP contribution in [-0.4, -0.2) is 31.0 Å². The summed E-state index contributed by atoms with van der Waals surface area (Å²) in [6.45, 7) is 2.09. The summed E-state index contributed by atoms with van der Waals surface area (Å²) in [5.41, 5.74) is 0. The monoisotopic (exact) mass is 192 g/mol. The fraction of sp³-hybridized carbons (Fsp3) is 0.875. The standard InChI is InChI=1S/C8H14F2N2O/c1-8(9,10)7(13)12-6-3-2-4-11-5-6/h6,11H,2-5H2,1H3,(H,12,13)/t6-/m1/s1. The summed E-state index contributed by atoms with van der Waals surface area (Å²) < 4.78 is 24.9. The van der Waals surface area contributed by atoms with Crippen LogP contribution in [0.5, 0.6) is 0 Å². The molecule has 1 amide bonds. The second kappa shape index (κ2) is 4.00. The van der Waals surface area contributed by atoms with Crippen molar-refractivity contribution in [2.24, 2.45) is 0 Å². The maximum atomic E-state index is 12.4. The number of hydrogen-bond donors (Lipinski definition) is 2. The molecule has 0 radical (unpaired) electrons. The number of amides is 1. The molecule has 0 saturated carbocycles. The van der Waals surface area contributed by atoms with Crippen LogP contribution in [0, 0.1) is 0 Å². The molecule has 1 fully saturated rings. The molecule has 2 N–H and O–H groups in total. The summed E-state index contributed by atoms with van der Waals surface area (Å²) in [5.74, 6) is -4.45. The zero-order valence-corrected chi connectivity index (χ0v) is 7.57. The number of hydrogen-bond acceptors (Lipinski definition) is 2. The number of piperidine rings is 1. The first kappa shape index (κ1) is 10.4. The second-order valence-electron chi connectivity index (χ2n) is 3.41. The van der Waals surface area contributed by atoms with E-state index in [4.69, 9.17) is 0 Å². The third-order valence-corrected chi connectivity index (χ3v) is 2.03. The average molecular weight is 192 g/mol. The summed E-state index contributed by atoms with van der Waals surface area (Å²) >= 11 is 0. The van der Waals surface area contributed by atoms with E-state index in [2.05, 4.69) is 10.6 Å². The first-order chi connectivity index (χ1) is 6.00. The Labute approximate surface area is 75.9 Å². The third-order valence-electron chi connectivity index (χ3n) is 2.03. The fourth-order valence-corrected chi connectivity index (χ4v) is 1.29. The summed E-state index contributed by atoms with van der Waals surface area (Å²) in [4.78, 5) is 10.8. The molecule has 5 heteroatoms. The van der Waals surface area contributed by atoms with Crippen molar-refractivity contribution in [3.05, 3.63) is 0 Å². The van der Waals surface area contributed by atoms with Crippen molar-refractivity contribution in [1.82, 2.24) is 10.6 Å². The quantitative estimate of drug-likeness (QED) is 0.669. The molecule has 0 spiro atoms. The number of carbonyl (C=O) groups excluding carboxylic acids is 1. The topological polar surface area (TPSA) is 41.1 Å². The van der Waals surface area contributed by atoms with Gasteiger partial charge in [-0.25, -0.2) is 0 Å². The molecule has 1 rings (SSSR count). The molecule has 0 unspecified atom stereocenters. The lowest BCUT2D eigenvalue weighted by Crippen LogP contribution is -2.50. The van der Waals surface area contributed by atoms with Gasteiger partial charge in [0, 0.05) is 19.5 Å². The van der Waals surface area contributed by atoms with Crippen LogP contribution in [0.4, 0.5) is 8.78 Å². The Morgan fingerprint density at radius 3 is 2.77 bits per heavy atom. The molecule has 1 atom stereocenters. The first-order valence-electron chi connectivity index (χ1n) is 4.39. The van der Waals surface area contributed by atoms with Crippen LogP contribution >= 0.6 is 0 Å². The highest BCUT2D eigenvalue weighted by Gasteiger charge is 2.33. The number of carbonyl (C=O) groups is 1. The molecular formula is C8H14F2N2O. The van der Waals surface area contributed by atoms with E-state index in [-0.39, 0.29) is 6.04 Å². The minimum atomic E-state index is -3.27. The molecule has 0 bridgehead atoms. The van der Waals surface area contributed by atoms with E-state index in [9.17, 15) is 13.6 Å². The van der Waals surface area contributed by atoms with Gasteiger partial charge in [-0.2, -0.15) is 8.78 Å². The smallest absolute Gasteiger partial charge is 0.321 e. The number of halogens is 2. The van der Waals surface area contributed by atoms with Gasteiger partial charge in [-0.3, -0.25) is 4.79 Å². The van der Waals surface area contributed by atoms with Gasteiger partial charge in [-0.1, -0.05) is 0 Å². The SMILES string of the molecule is CC(F)(F)C(=O)N[C@@H]1CCCNC1. The first-order valence-corrected chi connectivity index (χ1v) is 4.39. The van der Waals surface area contributed by atoms with E-state index in [1.54, 1.807) is 0 Å². The Kier molecular flexibility index (Phi) is 3.19. The van der Waals surface area contributed by atoms with E-state index < -0.39 is 11.8 Å². The Hall–Kier alpha value is -0.710. The third kappa shape index (κ3) is 3.26. The highest BCUT2D eigenvalue weighted by molar-refractivity contribution is 5.83. The highest BCUT2D eigenvalue weighted by atomic mass is 19.3. The van der Waals surface area contributed by atoms with E-state index in [1.165, 1.54) is 0 Å². The van der Waals surface area contributed by atoms with Gasteiger partial charge in [-0.15, -0.1) is 0 Å². The minimum Gasteiger partial charge on any atom is -0.347 e. The molecule has 0 aromatic rings. The average Bonchev–Trinajstić information content (AvgIpc) is 2.04. The van der Waals surface area contributed by atoms with Gasteiger partial charge >= 0.3 is 5.92 Å². The van der Waals surface area contributed by atoms with E-state index in [1.807, 2.05) is 0 Å². The molecule has 1 aliphatic heterocycles. The van der Waals surface area contributed by atoms with E-state index >= 15 is 0 Å². The molecular weight excluding hydrogens is 178 g/mol. The molecule has 1 heterocycles. The minimum absolute atomic E-state index is 0.146. The molecule has 76 valence electrons. The lowest BCUT2D eigenvalue weighted by atomic mass is 10.1. The number of alkyl halides is 2. The second-order valence-corrected chi connectivity index (χ2v) is 3.41. The van der Waals surface area contributed by atoms with Crippen LogP contribution in [0.15, 0.2) is 0 Å². The molecule has 1 saturated heterocycles. The number of rotatable bonds is 2. The lowest BCUT2D eigenvalue weighted by molar-refractivity contribution is -0.143. The van der Waals surface area contributed by atoms with Gasteiger partial charge in [0.25, 0.3) is 5.91 Å². The molecule has 0 aromatic heterocycles. The van der Waals surface area contributed by atoms with Crippen LogP contribution in [0.25, 0.3) is 0 Å². The van der Waals surface area contributed by atoms with Crippen LogP contribution < -0.4 is 10.6 Å². The Bertz CT molecular complexity index is 185. The zero-order chi connectivity index (χ0) is 9.90. The maximum Gasteiger partial charge on any atom is 0.321 e. The van der Waals surface area contributed by atoms with Gasteiger partial charge in [0.1, 0.15) is 0 Å². The highest BCUT2D eigenvalue weighted by Crippen LogP contribution is 2.12. The predicted molar refractivity (Wildman–Crippen MR) is 44.7 cm³/mol. The fourth-order valence-electron chi connectivity index (χ4n) is 1.29. The van der Waals surface area contributed by atoms with Crippen molar-refractivity contribution in [2.45, 2.75) is 31.7 Å². The van der Waals surface area contributed by atoms with E-state index in [0.29, 0.717) is 13.5 Å². The Morgan fingerprint density at radius 2 is 2.31 bits per heavy atom. The van der Waals surface area contributed by atoms with Crippen LogP contribution in [0.3, 0.4) is 0 Å². The van der Waals surface area contributed by atoms with Gasteiger partial charge in [0.2, 0.25) is 0 Å². The summed E-state index contributed by atoms with van der Waals surface area (Å²) in [7, 11) is 0. The number of nitrogens with one attached hydrogen (secondary N) is 2. The van der Waals surface area contributed by atoms with Crippen molar-refractivity contribution in [2.75, 3.05) is 13.1 Å². The summed E-state index contributed by atoms with van der Waals surface area (Å²) in [6.07, 6.45) is 1.69. The van der Waals surface area contributed by atoms with Crippen molar-refractivity contribution in [3.63, 3.8) is 0 Å². The van der Waals surface area contributed by atoms with Crippen molar-refractivity contribution >= 4 is 5.91 Å². The van der Waals surface area contributed by atoms with Gasteiger partial charge in [0.15, 0.2) is 0 Å². The molecule has 3 nitrogen and oxygen atoms in total. The van der Waals surface area contributed by atoms with Crippen molar-refractivity contribution < 1.29 is 13.6 Å². The zero-order valence-electron chi connectivity index (χ0n) is 7.57. The molecule has 0 aromatic carbocycles. The normalized spacial score (nSPS) is 24.1. The van der Waals surface area contributed by atoms with E-state index in [0.717, 1.165) is 19.4 Å². The Morgan fingerprint density at radius 1 is 1.62 bits per heavy atom. The molecule has 1 aliphatic rings. The van der Waals surface area contributed by atoms with Crippen LogP contribution in [0.2, 0.25) is 0 Å². The lowest BCUT2D eigenvalue weighted by Gasteiger charge is -2.24. The van der Waals surface area contributed by atoms with Crippen molar-refractivity contribution in [3.8, 4) is 0 Å². The summed E-state index contributed by atoms with van der Waals surface area (Å²) in [6, 6.07) is -0.146. The molecule has 0 aliphatic carbocycles. The van der Waals surface area contributed by atoms with Crippen LogP contribution in [0.1, 0.15) is 19.8 Å². The summed E-state index contributed by atoms with van der Waals surface area (Å²) in [5, 5.41) is 5.34. The maximum absolute atomic E-state index is 12.4. The van der Waals surface area contributed by atoms with Crippen LogP contribution in [-0.2, 0) is 4.79 Å². The Balaban J connectivity index is 2.35. The van der Waals surface area contributed by atoms with Crippen molar-refractivity contribution in [1.29, 1.82) is 0 Å². The van der Waals surface area contributed by atoms with Gasteiger partial charge in [-0.05, 0) is 19.4 Å².